The number of likely N-dealkylation sites (tertiary alicyclic amines) is 1. The fourth-order valence-electron chi connectivity index (χ4n) is 2.77. The molecule has 1 heterocycles. The lowest BCUT2D eigenvalue weighted by atomic mass is 10.2. The summed E-state index contributed by atoms with van der Waals surface area (Å²) in [6.45, 7) is 7.51. The molecule has 1 saturated heterocycles. The van der Waals surface area contributed by atoms with Crippen molar-refractivity contribution in [3.8, 4) is 0 Å². The Morgan fingerprint density at radius 2 is 1.82 bits per heavy atom. The van der Waals surface area contributed by atoms with Crippen molar-refractivity contribution in [3.63, 3.8) is 0 Å². The number of amides is 1. The van der Waals surface area contributed by atoms with E-state index in [0.717, 1.165) is 19.1 Å². The lowest BCUT2D eigenvalue weighted by Crippen LogP contribution is -2.39. The Labute approximate surface area is 103 Å². The molecule has 3 aliphatic rings. The van der Waals surface area contributed by atoms with Crippen molar-refractivity contribution < 1.29 is 9.53 Å². The van der Waals surface area contributed by atoms with Crippen LogP contribution in [0.4, 0.5) is 4.79 Å². The molecule has 17 heavy (non-hydrogen) atoms. The third kappa shape index (κ3) is 2.41. The van der Waals surface area contributed by atoms with Crippen LogP contribution in [0.1, 0.15) is 33.6 Å². The lowest BCUT2D eigenvalue weighted by molar-refractivity contribution is 0.0269. The number of ether oxygens (including phenoxy) is 1. The van der Waals surface area contributed by atoms with Gasteiger partial charge in [-0.25, -0.2) is 4.79 Å². The Morgan fingerprint density at radius 1 is 1.24 bits per heavy atom. The molecule has 1 N–H and O–H groups in total. The minimum Gasteiger partial charge on any atom is -0.444 e. The summed E-state index contributed by atoms with van der Waals surface area (Å²) >= 11 is 0. The molecule has 0 aromatic heterocycles. The average Bonchev–Trinajstić information content (AvgIpc) is 3.07. The summed E-state index contributed by atoms with van der Waals surface area (Å²) in [4.78, 5) is 13.7. The molecule has 2 atom stereocenters. The second-order valence-electron chi connectivity index (χ2n) is 6.68. The molecule has 3 fully saturated rings. The highest BCUT2D eigenvalue weighted by Crippen LogP contribution is 2.47. The van der Waals surface area contributed by atoms with Crippen LogP contribution in [0.2, 0.25) is 0 Å². The molecule has 1 aliphatic heterocycles. The van der Waals surface area contributed by atoms with Crippen LogP contribution >= 0.6 is 0 Å². The zero-order valence-corrected chi connectivity index (χ0v) is 10.9. The molecule has 0 aromatic rings. The Bertz CT molecular complexity index is 321. The van der Waals surface area contributed by atoms with Gasteiger partial charge < -0.3 is 15.0 Å². The van der Waals surface area contributed by atoms with Crippen LogP contribution in [-0.4, -0.2) is 41.8 Å². The van der Waals surface area contributed by atoms with Crippen molar-refractivity contribution in [2.24, 2.45) is 11.8 Å². The number of nitrogens with zero attached hydrogens (tertiary/aromatic N) is 1. The first-order chi connectivity index (χ1) is 7.94. The third-order valence-corrected chi connectivity index (χ3v) is 3.85. The number of piperidine rings is 1. The van der Waals surface area contributed by atoms with Crippen molar-refractivity contribution in [1.82, 2.24) is 10.2 Å². The molecule has 1 amide bonds. The minimum absolute atomic E-state index is 0.144. The maximum absolute atomic E-state index is 11.9. The maximum Gasteiger partial charge on any atom is 0.410 e. The highest BCUT2D eigenvalue weighted by atomic mass is 16.6. The topological polar surface area (TPSA) is 41.6 Å². The highest BCUT2D eigenvalue weighted by Gasteiger charge is 2.58. The summed E-state index contributed by atoms with van der Waals surface area (Å²) in [5.74, 6) is 1.37. The van der Waals surface area contributed by atoms with Crippen LogP contribution in [0.3, 0.4) is 0 Å². The van der Waals surface area contributed by atoms with Gasteiger partial charge in [-0.1, -0.05) is 0 Å². The summed E-state index contributed by atoms with van der Waals surface area (Å²) in [6, 6.07) is 1.46. The zero-order chi connectivity index (χ0) is 12.2. The van der Waals surface area contributed by atoms with Crippen LogP contribution < -0.4 is 5.32 Å². The quantitative estimate of drug-likeness (QED) is 0.794. The van der Waals surface area contributed by atoms with Crippen LogP contribution in [0.25, 0.3) is 0 Å². The predicted molar refractivity (Wildman–Crippen MR) is 64.7 cm³/mol. The Morgan fingerprint density at radius 3 is 2.29 bits per heavy atom. The van der Waals surface area contributed by atoms with E-state index in [-0.39, 0.29) is 11.7 Å². The largest absolute Gasteiger partial charge is 0.444 e. The molecule has 4 heteroatoms. The van der Waals surface area contributed by atoms with Crippen molar-refractivity contribution in [3.05, 3.63) is 0 Å². The Balaban J connectivity index is 1.46. The van der Waals surface area contributed by atoms with E-state index >= 15 is 0 Å². The first-order valence-corrected chi connectivity index (χ1v) is 6.68. The number of carbonyl (C=O) groups excluding carboxylic acids is 1. The fourth-order valence-corrected chi connectivity index (χ4v) is 2.77. The van der Waals surface area contributed by atoms with Crippen molar-refractivity contribution in [1.29, 1.82) is 0 Å². The molecule has 0 spiro atoms. The van der Waals surface area contributed by atoms with Gasteiger partial charge in [-0.2, -0.15) is 0 Å². The number of fused-ring (bicyclic) bond motifs is 1. The molecule has 0 bridgehead atoms. The number of carbonyl (C=O) groups is 1. The van der Waals surface area contributed by atoms with Crippen molar-refractivity contribution in [2.75, 3.05) is 13.1 Å². The van der Waals surface area contributed by atoms with Gasteiger partial charge >= 0.3 is 6.09 Å². The zero-order valence-electron chi connectivity index (χ0n) is 10.9. The van der Waals surface area contributed by atoms with Gasteiger partial charge in [0.1, 0.15) is 5.60 Å². The number of rotatable bonds is 2. The van der Waals surface area contributed by atoms with Gasteiger partial charge in [0.2, 0.25) is 0 Å². The Hall–Kier alpha value is -0.770. The van der Waals surface area contributed by atoms with Crippen molar-refractivity contribution >= 4 is 6.09 Å². The first-order valence-electron chi connectivity index (χ1n) is 6.68. The fraction of sp³-hybridized carbons (Fsp3) is 0.923. The molecule has 96 valence electrons. The van der Waals surface area contributed by atoms with E-state index in [9.17, 15) is 4.79 Å². The number of hydrogen-bond donors (Lipinski definition) is 1. The second kappa shape index (κ2) is 3.61. The van der Waals surface area contributed by atoms with E-state index in [1.807, 2.05) is 25.7 Å². The van der Waals surface area contributed by atoms with Crippen LogP contribution in [0, 0.1) is 11.8 Å². The molecule has 3 rings (SSSR count). The first kappa shape index (κ1) is 11.3. The van der Waals surface area contributed by atoms with E-state index < -0.39 is 0 Å². The third-order valence-electron chi connectivity index (χ3n) is 3.85. The molecule has 2 unspecified atom stereocenters. The van der Waals surface area contributed by atoms with E-state index in [1.54, 1.807) is 0 Å². The normalized spacial score (nSPS) is 35.7. The average molecular weight is 238 g/mol. The van der Waals surface area contributed by atoms with Gasteiger partial charge in [0.25, 0.3) is 0 Å². The molecule has 2 saturated carbocycles. The van der Waals surface area contributed by atoms with E-state index in [1.165, 1.54) is 12.8 Å². The smallest absolute Gasteiger partial charge is 0.410 e. The summed E-state index contributed by atoms with van der Waals surface area (Å²) in [5.41, 5.74) is -0.379. The summed E-state index contributed by atoms with van der Waals surface area (Å²) < 4.78 is 5.39. The molecule has 0 aromatic carbocycles. The van der Waals surface area contributed by atoms with Gasteiger partial charge in [-0.05, 0) is 45.4 Å². The monoisotopic (exact) mass is 238 g/mol. The van der Waals surface area contributed by atoms with Crippen LogP contribution in [0.15, 0.2) is 0 Å². The van der Waals surface area contributed by atoms with E-state index in [0.29, 0.717) is 17.9 Å². The van der Waals surface area contributed by atoms with Gasteiger partial charge in [0.05, 0.1) is 0 Å². The molecule has 2 aliphatic carbocycles. The standard InChI is InChI=1S/C13H22N2O2/c1-13(2,3)17-12(16)15-6-9-10(7-15)11(9)14-8-4-5-8/h8-11,14H,4-7H2,1-3H3. The van der Waals surface area contributed by atoms with Crippen molar-refractivity contribution in [2.45, 2.75) is 51.3 Å². The lowest BCUT2D eigenvalue weighted by Gasteiger charge is -2.26. The molecule has 0 radical (unpaired) electrons. The predicted octanol–water partition coefficient (Wildman–Crippen LogP) is 1.60. The summed E-state index contributed by atoms with van der Waals surface area (Å²) in [5, 5.41) is 3.66. The number of nitrogens with one attached hydrogen (secondary N) is 1. The summed E-state index contributed by atoms with van der Waals surface area (Å²) in [7, 11) is 0. The molecular weight excluding hydrogens is 216 g/mol. The Kier molecular flexibility index (Phi) is 2.41. The second-order valence-corrected chi connectivity index (χ2v) is 6.68. The van der Waals surface area contributed by atoms with Gasteiger partial charge in [0, 0.05) is 25.2 Å². The number of hydrogen-bond acceptors (Lipinski definition) is 3. The van der Waals surface area contributed by atoms with E-state index in [4.69, 9.17) is 4.74 Å². The maximum atomic E-state index is 11.9. The van der Waals surface area contributed by atoms with Gasteiger partial charge in [-0.15, -0.1) is 0 Å². The van der Waals surface area contributed by atoms with Gasteiger partial charge in [0.15, 0.2) is 0 Å². The van der Waals surface area contributed by atoms with Crippen LogP contribution in [0.5, 0.6) is 0 Å². The summed E-state index contributed by atoms with van der Waals surface area (Å²) in [6.07, 6.45) is 2.53. The van der Waals surface area contributed by atoms with E-state index in [2.05, 4.69) is 5.32 Å². The SMILES string of the molecule is CC(C)(C)OC(=O)N1CC2C(C1)C2NC1CC1. The molecule has 4 nitrogen and oxygen atoms in total. The highest BCUT2D eigenvalue weighted by molar-refractivity contribution is 5.69. The minimum atomic E-state index is -0.379. The van der Waals surface area contributed by atoms with Crippen LogP contribution in [-0.2, 0) is 4.74 Å². The van der Waals surface area contributed by atoms with Gasteiger partial charge in [-0.3, -0.25) is 0 Å². The molecular formula is C13H22N2O2.